The molecule has 0 aliphatic carbocycles. The predicted octanol–water partition coefficient (Wildman–Crippen LogP) is 3.96. The molecular weight excluding hydrogens is 438 g/mol. The standard InChI is InChI=1S/C25H30ClN5O2/c26-20-15-19(16-27-17-20)24(32)30-13-6-18(7-14-30)5-10-29-11-8-21(9-12-29)31-23-4-2-1-3-22(23)28-25(31)33/h1-4,15-18,21H,5-14H2,(H,28,33). The zero-order valence-corrected chi connectivity index (χ0v) is 19.5. The highest BCUT2D eigenvalue weighted by Crippen LogP contribution is 2.27. The monoisotopic (exact) mass is 467 g/mol. The van der Waals surface area contributed by atoms with Gasteiger partial charge >= 0.3 is 5.69 Å². The summed E-state index contributed by atoms with van der Waals surface area (Å²) in [6.45, 7) is 4.72. The number of nitrogens with one attached hydrogen (secondary N) is 1. The third kappa shape index (κ3) is 4.84. The van der Waals surface area contributed by atoms with Gasteiger partial charge < -0.3 is 14.8 Å². The summed E-state index contributed by atoms with van der Waals surface area (Å²) in [4.78, 5) is 36.7. The van der Waals surface area contributed by atoms with Crippen molar-refractivity contribution in [1.82, 2.24) is 24.3 Å². The van der Waals surface area contributed by atoms with Crippen molar-refractivity contribution in [2.24, 2.45) is 5.92 Å². The molecule has 7 nitrogen and oxygen atoms in total. The Morgan fingerprint density at radius 2 is 1.82 bits per heavy atom. The highest BCUT2D eigenvalue weighted by atomic mass is 35.5. The van der Waals surface area contributed by atoms with Crippen LogP contribution in [0.2, 0.25) is 5.02 Å². The molecule has 2 fully saturated rings. The number of hydrogen-bond acceptors (Lipinski definition) is 4. The first-order valence-corrected chi connectivity index (χ1v) is 12.3. The summed E-state index contributed by atoms with van der Waals surface area (Å²) in [6, 6.07) is 9.90. The molecule has 1 aromatic carbocycles. The molecule has 8 heteroatoms. The number of likely N-dealkylation sites (tertiary alicyclic amines) is 2. The first-order chi connectivity index (χ1) is 16.1. The number of piperidine rings is 2. The molecule has 0 spiro atoms. The summed E-state index contributed by atoms with van der Waals surface area (Å²) >= 11 is 5.98. The van der Waals surface area contributed by atoms with Crippen LogP contribution >= 0.6 is 11.6 Å². The molecule has 3 aromatic rings. The van der Waals surface area contributed by atoms with Crippen molar-refractivity contribution in [3.63, 3.8) is 0 Å². The molecular formula is C25H30ClN5O2. The van der Waals surface area contributed by atoms with Crippen LogP contribution in [0, 0.1) is 5.92 Å². The maximum Gasteiger partial charge on any atom is 0.326 e. The Labute approximate surface area is 198 Å². The minimum Gasteiger partial charge on any atom is -0.339 e. The Hall–Kier alpha value is -2.64. The summed E-state index contributed by atoms with van der Waals surface area (Å²) in [6.07, 6.45) is 8.39. The minimum absolute atomic E-state index is 0.00418. The van der Waals surface area contributed by atoms with E-state index in [9.17, 15) is 9.59 Å². The quantitative estimate of drug-likeness (QED) is 0.616. The van der Waals surface area contributed by atoms with Gasteiger partial charge in [-0.25, -0.2) is 4.79 Å². The summed E-state index contributed by atoms with van der Waals surface area (Å²) < 4.78 is 1.95. The smallest absolute Gasteiger partial charge is 0.326 e. The van der Waals surface area contributed by atoms with Crippen LogP contribution < -0.4 is 5.69 Å². The molecule has 0 saturated carbocycles. The van der Waals surface area contributed by atoms with E-state index < -0.39 is 0 Å². The second-order valence-corrected chi connectivity index (χ2v) is 9.74. The lowest BCUT2D eigenvalue weighted by molar-refractivity contribution is 0.0677. The number of fused-ring (bicyclic) bond motifs is 1. The van der Waals surface area contributed by atoms with E-state index in [1.54, 1.807) is 18.5 Å². The van der Waals surface area contributed by atoms with Crippen LogP contribution in [0.15, 0.2) is 47.5 Å². The van der Waals surface area contributed by atoms with Crippen LogP contribution in [0.3, 0.4) is 0 Å². The van der Waals surface area contributed by atoms with Gasteiger partial charge in [-0.1, -0.05) is 23.7 Å². The van der Waals surface area contributed by atoms with Gasteiger partial charge in [0.15, 0.2) is 0 Å². The minimum atomic E-state index is 0.00418. The van der Waals surface area contributed by atoms with E-state index in [1.165, 1.54) is 6.42 Å². The van der Waals surface area contributed by atoms with Crippen LogP contribution in [0.1, 0.15) is 48.5 Å². The van der Waals surface area contributed by atoms with E-state index in [-0.39, 0.29) is 17.6 Å². The van der Waals surface area contributed by atoms with Crippen LogP contribution in [0.5, 0.6) is 0 Å². The molecule has 0 radical (unpaired) electrons. The third-order valence-corrected chi connectivity index (χ3v) is 7.46. The fraction of sp³-hybridized carbons (Fsp3) is 0.480. The predicted molar refractivity (Wildman–Crippen MR) is 130 cm³/mol. The fourth-order valence-corrected chi connectivity index (χ4v) is 5.51. The SMILES string of the molecule is O=C(c1cncc(Cl)c1)N1CCC(CCN2CCC(n3c(=O)[nH]c4ccccc43)CC2)CC1. The zero-order valence-electron chi connectivity index (χ0n) is 18.8. The number of pyridine rings is 1. The number of halogens is 1. The van der Waals surface area contributed by atoms with Gasteiger partial charge in [-0.2, -0.15) is 0 Å². The largest absolute Gasteiger partial charge is 0.339 e. The molecule has 5 rings (SSSR count). The van der Waals surface area contributed by atoms with Gasteiger partial charge in [-0.05, 0) is 62.8 Å². The number of aromatic nitrogens is 3. The van der Waals surface area contributed by atoms with Gasteiger partial charge in [0.25, 0.3) is 5.91 Å². The number of aromatic amines is 1. The number of rotatable bonds is 5. The van der Waals surface area contributed by atoms with Gasteiger partial charge in [0, 0.05) is 44.6 Å². The molecule has 2 saturated heterocycles. The maximum absolute atomic E-state index is 12.7. The lowest BCUT2D eigenvalue weighted by Gasteiger charge is -2.35. The zero-order chi connectivity index (χ0) is 22.8. The Balaban J connectivity index is 1.08. The fourth-order valence-electron chi connectivity index (χ4n) is 5.34. The van der Waals surface area contributed by atoms with Gasteiger partial charge in [0.05, 0.1) is 21.6 Å². The molecule has 0 unspecified atom stereocenters. The summed E-state index contributed by atoms with van der Waals surface area (Å²) in [5, 5.41) is 0.495. The number of amides is 1. The summed E-state index contributed by atoms with van der Waals surface area (Å²) in [5.74, 6) is 0.679. The van der Waals surface area contributed by atoms with E-state index in [0.29, 0.717) is 16.5 Å². The molecule has 1 amide bonds. The number of H-pyrrole nitrogens is 1. The summed E-state index contributed by atoms with van der Waals surface area (Å²) in [5.41, 5.74) is 2.50. The van der Waals surface area contributed by atoms with E-state index in [0.717, 1.165) is 69.4 Å². The van der Waals surface area contributed by atoms with E-state index in [4.69, 9.17) is 11.6 Å². The van der Waals surface area contributed by atoms with Crippen LogP contribution in [-0.2, 0) is 0 Å². The number of benzene rings is 1. The van der Waals surface area contributed by atoms with Crippen LogP contribution in [-0.4, -0.2) is 63.0 Å². The van der Waals surface area contributed by atoms with Crippen LogP contribution in [0.25, 0.3) is 11.0 Å². The molecule has 2 aliphatic heterocycles. The highest BCUT2D eigenvalue weighted by molar-refractivity contribution is 6.30. The first-order valence-electron chi connectivity index (χ1n) is 11.9. The molecule has 2 aromatic heterocycles. The molecule has 0 bridgehead atoms. The van der Waals surface area contributed by atoms with Crippen molar-refractivity contribution in [3.05, 3.63) is 63.8 Å². The maximum atomic E-state index is 12.7. The van der Waals surface area contributed by atoms with E-state index >= 15 is 0 Å². The molecule has 174 valence electrons. The van der Waals surface area contributed by atoms with Gasteiger partial charge in [0.2, 0.25) is 0 Å². The lowest BCUT2D eigenvalue weighted by Crippen LogP contribution is -2.40. The van der Waals surface area contributed by atoms with Gasteiger partial charge in [-0.3, -0.25) is 14.3 Å². The van der Waals surface area contributed by atoms with Crippen molar-refractivity contribution in [1.29, 1.82) is 0 Å². The van der Waals surface area contributed by atoms with E-state index in [2.05, 4.69) is 14.9 Å². The number of carbonyl (C=O) groups excluding carboxylic acids is 1. The Kier molecular flexibility index (Phi) is 6.51. The number of nitrogens with zero attached hydrogens (tertiary/aromatic N) is 4. The molecule has 1 N–H and O–H groups in total. The van der Waals surface area contributed by atoms with Crippen molar-refractivity contribution >= 4 is 28.5 Å². The van der Waals surface area contributed by atoms with Gasteiger partial charge in [-0.15, -0.1) is 0 Å². The van der Waals surface area contributed by atoms with Crippen molar-refractivity contribution in [2.45, 2.75) is 38.1 Å². The Bertz CT molecular complexity index is 1170. The van der Waals surface area contributed by atoms with Crippen molar-refractivity contribution in [2.75, 3.05) is 32.7 Å². The van der Waals surface area contributed by atoms with Crippen LogP contribution in [0.4, 0.5) is 0 Å². The average Bonchev–Trinajstić information content (AvgIpc) is 3.18. The number of carbonyl (C=O) groups is 1. The first kappa shape index (κ1) is 22.2. The Morgan fingerprint density at radius 3 is 2.58 bits per heavy atom. The molecule has 4 heterocycles. The highest BCUT2D eigenvalue weighted by Gasteiger charge is 2.26. The average molecular weight is 468 g/mol. The summed E-state index contributed by atoms with van der Waals surface area (Å²) in [7, 11) is 0. The van der Waals surface area contributed by atoms with Crippen molar-refractivity contribution < 1.29 is 4.79 Å². The second-order valence-electron chi connectivity index (χ2n) is 9.31. The van der Waals surface area contributed by atoms with Crippen molar-refractivity contribution in [3.8, 4) is 0 Å². The Morgan fingerprint density at radius 1 is 1.06 bits per heavy atom. The topological polar surface area (TPSA) is 74.2 Å². The normalized spacial score (nSPS) is 18.8. The number of para-hydroxylation sites is 2. The lowest BCUT2D eigenvalue weighted by atomic mass is 9.92. The molecule has 33 heavy (non-hydrogen) atoms. The van der Waals surface area contributed by atoms with Gasteiger partial charge in [0.1, 0.15) is 0 Å². The third-order valence-electron chi connectivity index (χ3n) is 7.25. The second kappa shape index (κ2) is 9.69. The molecule has 0 atom stereocenters. The number of imidazole rings is 1. The van der Waals surface area contributed by atoms with E-state index in [1.807, 2.05) is 33.7 Å². The molecule has 2 aliphatic rings. The number of hydrogen-bond donors (Lipinski definition) is 1.